The molecule has 1 aliphatic heterocycles. The molecule has 0 radical (unpaired) electrons. The first-order valence-electron chi connectivity index (χ1n) is 9.35. The van der Waals surface area contributed by atoms with Crippen molar-refractivity contribution >= 4 is 5.91 Å². The summed E-state index contributed by atoms with van der Waals surface area (Å²) in [7, 11) is 1.73. The van der Waals surface area contributed by atoms with Gasteiger partial charge >= 0.3 is 0 Å². The third kappa shape index (κ3) is 3.06. The number of rotatable bonds is 4. The summed E-state index contributed by atoms with van der Waals surface area (Å²) in [5.74, 6) is 0.0375. The number of aliphatic hydroxyl groups is 1. The number of amides is 1. The summed E-state index contributed by atoms with van der Waals surface area (Å²) in [5.41, 5.74) is 1.58. The lowest BCUT2D eigenvalue weighted by atomic mass is 9.79. The number of fused-ring (bicyclic) bond motifs is 1. The Kier molecular flexibility index (Phi) is 4.59. The monoisotopic (exact) mass is 354 g/mol. The minimum Gasteiger partial charge on any atom is -0.393 e. The van der Waals surface area contributed by atoms with Crippen LogP contribution in [0.1, 0.15) is 41.6 Å². The molecule has 2 heterocycles. The lowest BCUT2D eigenvalue weighted by molar-refractivity contribution is -0.0824. The Morgan fingerprint density at radius 2 is 1.96 bits per heavy atom. The smallest absolute Gasteiger partial charge is 0.254 e. The molecule has 0 bridgehead atoms. The van der Waals surface area contributed by atoms with Gasteiger partial charge in [0.25, 0.3) is 5.91 Å². The van der Waals surface area contributed by atoms with Crippen molar-refractivity contribution in [1.29, 1.82) is 0 Å². The first-order chi connectivity index (χ1) is 12.6. The molecule has 1 N–H and O–H groups in total. The van der Waals surface area contributed by atoms with Gasteiger partial charge in [0.1, 0.15) is 0 Å². The summed E-state index contributed by atoms with van der Waals surface area (Å²) < 4.78 is 7.94. The van der Waals surface area contributed by atoms with E-state index in [0.29, 0.717) is 18.5 Å². The second-order valence-corrected chi connectivity index (χ2v) is 7.51. The number of ether oxygens (including phenoxy) is 1. The Morgan fingerprint density at radius 3 is 2.65 bits per heavy atom. The number of aliphatic hydroxyl groups excluding tert-OH is 1. The minimum atomic E-state index is -0.347. The molecular weight excluding hydrogens is 328 g/mol. The molecule has 3 unspecified atom stereocenters. The molecular formula is C21H26N2O3. The molecule has 5 heteroatoms. The number of hydrogen-bond donors (Lipinski definition) is 1. The number of carbonyl (C=O) groups excluding carboxylic acids is 1. The highest BCUT2D eigenvalue weighted by Gasteiger charge is 2.52. The fourth-order valence-electron chi connectivity index (χ4n) is 4.52. The molecule has 2 fully saturated rings. The van der Waals surface area contributed by atoms with Crippen LogP contribution in [0, 0.1) is 0 Å². The topological polar surface area (TPSA) is 54.7 Å². The SMILES string of the molecule is COC12CCC(O)CC1N(C(=O)c1ccc(Cn3cccc3)cc1)CC2. The molecule has 3 atom stereocenters. The zero-order valence-corrected chi connectivity index (χ0v) is 15.2. The van der Waals surface area contributed by atoms with E-state index in [1.807, 2.05) is 53.7 Å². The third-order valence-electron chi connectivity index (χ3n) is 6.06. The molecule has 1 aromatic heterocycles. The van der Waals surface area contributed by atoms with Crippen LogP contribution in [0.2, 0.25) is 0 Å². The van der Waals surface area contributed by atoms with E-state index >= 15 is 0 Å². The number of nitrogens with zero attached hydrogens (tertiary/aromatic N) is 2. The van der Waals surface area contributed by atoms with Gasteiger partial charge in [0.05, 0.1) is 17.7 Å². The van der Waals surface area contributed by atoms with E-state index in [4.69, 9.17) is 4.74 Å². The Labute approximate surface area is 154 Å². The number of aromatic nitrogens is 1. The summed E-state index contributed by atoms with van der Waals surface area (Å²) in [5, 5.41) is 10.1. The predicted molar refractivity (Wildman–Crippen MR) is 99.0 cm³/mol. The summed E-state index contributed by atoms with van der Waals surface area (Å²) in [6, 6.07) is 11.8. The van der Waals surface area contributed by atoms with E-state index in [2.05, 4.69) is 4.57 Å². The molecule has 138 valence electrons. The summed E-state index contributed by atoms with van der Waals surface area (Å²) in [6.45, 7) is 1.49. The lowest BCUT2D eigenvalue weighted by Crippen LogP contribution is -2.52. The standard InChI is InChI=1S/C21H26N2O3/c1-26-21-9-8-18(24)14-19(21)23(13-10-21)20(25)17-6-4-16(5-7-17)15-22-11-2-3-12-22/h2-7,11-12,18-19,24H,8-10,13-15H2,1H3. The molecule has 2 aromatic rings. The van der Waals surface area contributed by atoms with E-state index < -0.39 is 0 Å². The molecule has 5 nitrogen and oxygen atoms in total. The van der Waals surface area contributed by atoms with Crippen LogP contribution < -0.4 is 0 Å². The van der Waals surface area contributed by atoms with Crippen LogP contribution in [0.3, 0.4) is 0 Å². The second-order valence-electron chi connectivity index (χ2n) is 7.51. The summed E-state index contributed by atoms with van der Waals surface area (Å²) in [4.78, 5) is 15.0. The average Bonchev–Trinajstić information content (AvgIpc) is 3.30. The first-order valence-corrected chi connectivity index (χ1v) is 9.35. The Morgan fingerprint density at radius 1 is 1.23 bits per heavy atom. The van der Waals surface area contributed by atoms with Crippen molar-refractivity contribution < 1.29 is 14.6 Å². The number of methoxy groups -OCH3 is 1. The van der Waals surface area contributed by atoms with E-state index in [-0.39, 0.29) is 23.7 Å². The highest BCUT2D eigenvalue weighted by atomic mass is 16.5. The van der Waals surface area contributed by atoms with Gasteiger partial charge in [-0.1, -0.05) is 12.1 Å². The summed E-state index contributed by atoms with van der Waals surface area (Å²) >= 11 is 0. The molecule has 26 heavy (non-hydrogen) atoms. The fraction of sp³-hybridized carbons (Fsp3) is 0.476. The van der Waals surface area contributed by atoms with E-state index in [0.717, 1.165) is 25.8 Å². The van der Waals surface area contributed by atoms with Crippen molar-refractivity contribution in [2.24, 2.45) is 0 Å². The molecule has 1 aromatic carbocycles. The van der Waals surface area contributed by atoms with Crippen molar-refractivity contribution in [3.05, 3.63) is 59.9 Å². The number of likely N-dealkylation sites (tertiary alicyclic amines) is 1. The third-order valence-corrected chi connectivity index (χ3v) is 6.06. The van der Waals surface area contributed by atoms with Gasteiger partial charge in [0.15, 0.2) is 0 Å². The van der Waals surface area contributed by atoms with Crippen LogP contribution in [0.15, 0.2) is 48.8 Å². The maximum atomic E-state index is 13.1. The zero-order valence-electron chi connectivity index (χ0n) is 15.2. The number of hydrogen-bond acceptors (Lipinski definition) is 3. The van der Waals surface area contributed by atoms with Gasteiger partial charge in [-0.2, -0.15) is 0 Å². The fourth-order valence-corrected chi connectivity index (χ4v) is 4.52. The van der Waals surface area contributed by atoms with Gasteiger partial charge in [-0.25, -0.2) is 0 Å². The number of benzene rings is 1. The summed E-state index contributed by atoms with van der Waals surface area (Å²) in [6.07, 6.45) is 6.73. The molecule has 1 aliphatic carbocycles. The van der Waals surface area contributed by atoms with Crippen molar-refractivity contribution in [2.45, 2.75) is 50.0 Å². The van der Waals surface area contributed by atoms with E-state index in [1.54, 1.807) is 7.11 Å². The maximum Gasteiger partial charge on any atom is 0.254 e. The average molecular weight is 354 g/mol. The van der Waals surface area contributed by atoms with Gasteiger partial charge < -0.3 is 19.3 Å². The first kappa shape index (κ1) is 17.3. The van der Waals surface area contributed by atoms with Crippen molar-refractivity contribution in [3.8, 4) is 0 Å². The predicted octanol–water partition coefficient (Wildman–Crippen LogP) is 2.68. The highest BCUT2D eigenvalue weighted by molar-refractivity contribution is 5.94. The maximum absolute atomic E-state index is 13.1. The van der Waals surface area contributed by atoms with Crippen LogP contribution in [-0.4, -0.2) is 51.9 Å². The van der Waals surface area contributed by atoms with Crippen LogP contribution >= 0.6 is 0 Å². The Bertz CT molecular complexity index is 756. The van der Waals surface area contributed by atoms with Gasteiger partial charge in [-0.3, -0.25) is 4.79 Å². The Hall–Kier alpha value is -2.11. The largest absolute Gasteiger partial charge is 0.393 e. The molecule has 1 saturated carbocycles. The van der Waals surface area contributed by atoms with Gasteiger partial charge in [0, 0.05) is 38.2 Å². The normalized spacial score (nSPS) is 28.2. The molecule has 1 saturated heterocycles. The van der Waals surface area contributed by atoms with Crippen LogP contribution in [0.5, 0.6) is 0 Å². The van der Waals surface area contributed by atoms with Crippen molar-refractivity contribution in [2.75, 3.05) is 13.7 Å². The van der Waals surface area contributed by atoms with Crippen molar-refractivity contribution in [3.63, 3.8) is 0 Å². The van der Waals surface area contributed by atoms with Crippen molar-refractivity contribution in [1.82, 2.24) is 9.47 Å². The van der Waals surface area contributed by atoms with Crippen LogP contribution in [-0.2, 0) is 11.3 Å². The second kappa shape index (κ2) is 6.89. The minimum absolute atomic E-state index is 0.0375. The lowest BCUT2D eigenvalue weighted by Gasteiger charge is -2.42. The number of carbonyl (C=O) groups is 1. The Balaban J connectivity index is 1.50. The van der Waals surface area contributed by atoms with Gasteiger partial charge in [-0.05, 0) is 55.5 Å². The molecule has 0 spiro atoms. The zero-order chi connectivity index (χ0) is 18.1. The highest BCUT2D eigenvalue weighted by Crippen LogP contribution is 2.42. The quantitative estimate of drug-likeness (QED) is 0.918. The molecule has 4 rings (SSSR count). The van der Waals surface area contributed by atoms with Crippen LogP contribution in [0.25, 0.3) is 0 Å². The van der Waals surface area contributed by atoms with Gasteiger partial charge in [-0.15, -0.1) is 0 Å². The van der Waals surface area contributed by atoms with E-state index in [9.17, 15) is 9.90 Å². The van der Waals surface area contributed by atoms with Gasteiger partial charge in [0.2, 0.25) is 0 Å². The van der Waals surface area contributed by atoms with E-state index in [1.165, 1.54) is 5.56 Å². The molecule has 1 amide bonds. The van der Waals surface area contributed by atoms with Crippen LogP contribution in [0.4, 0.5) is 0 Å². The molecule has 2 aliphatic rings.